The number of nitrogens with zero attached hydrogens (tertiary/aromatic N) is 3. The molecule has 144 valence electrons. The molecule has 3 fully saturated rings. The number of carbonyl (C=O) groups is 1. The molecule has 2 atom stereocenters. The zero-order chi connectivity index (χ0) is 18.1. The molecule has 4 rings (SSSR count). The molecular weight excluding hydrogens is 344 g/mol. The van der Waals surface area contributed by atoms with Crippen LogP contribution in [-0.4, -0.2) is 78.1 Å². The predicted octanol–water partition coefficient (Wildman–Crippen LogP) is 2.80. The summed E-state index contributed by atoms with van der Waals surface area (Å²) in [6.07, 6.45) is 3.33. The zero-order valence-electron chi connectivity index (χ0n) is 16.1. The van der Waals surface area contributed by atoms with Crippen molar-refractivity contribution >= 4 is 17.4 Å². The van der Waals surface area contributed by atoms with Gasteiger partial charge in [-0.3, -0.25) is 9.80 Å². The van der Waals surface area contributed by atoms with Crippen molar-refractivity contribution in [3.63, 3.8) is 0 Å². The van der Waals surface area contributed by atoms with Gasteiger partial charge < -0.3 is 10.2 Å². The summed E-state index contributed by atoms with van der Waals surface area (Å²) in [5.41, 5.74) is 1.39. The molecule has 5 nitrogen and oxygen atoms in total. The fourth-order valence-electron chi connectivity index (χ4n) is 4.51. The second kappa shape index (κ2) is 7.87. The van der Waals surface area contributed by atoms with E-state index in [1.165, 1.54) is 31.7 Å². The summed E-state index contributed by atoms with van der Waals surface area (Å²) in [4.78, 5) is 19.8. The van der Waals surface area contributed by atoms with Crippen LogP contribution in [0.25, 0.3) is 0 Å². The molecule has 2 amide bonds. The van der Waals surface area contributed by atoms with E-state index in [4.69, 9.17) is 0 Å². The average Bonchev–Trinajstić information content (AvgIpc) is 3.20. The largest absolute Gasteiger partial charge is 0.335 e. The number of piperidine rings is 1. The van der Waals surface area contributed by atoms with Crippen molar-refractivity contribution in [3.8, 4) is 0 Å². The number of likely N-dealkylation sites (tertiary alicyclic amines) is 1. The summed E-state index contributed by atoms with van der Waals surface area (Å²) < 4.78 is 0. The van der Waals surface area contributed by atoms with Gasteiger partial charge in [0.25, 0.3) is 0 Å². The van der Waals surface area contributed by atoms with Crippen LogP contribution in [0, 0.1) is 0 Å². The third-order valence-corrected chi connectivity index (χ3v) is 7.12. The van der Waals surface area contributed by atoms with Gasteiger partial charge in [-0.2, -0.15) is 11.3 Å². The Kier molecular flexibility index (Phi) is 5.53. The number of hydrogen-bond acceptors (Lipinski definition) is 4. The van der Waals surface area contributed by atoms with Gasteiger partial charge in [0.1, 0.15) is 0 Å². The van der Waals surface area contributed by atoms with Gasteiger partial charge >= 0.3 is 6.03 Å². The smallest absolute Gasteiger partial charge is 0.317 e. The molecule has 1 aliphatic carbocycles. The molecular formula is C20H32N4OS. The monoisotopic (exact) mass is 376 g/mol. The first-order valence-electron chi connectivity index (χ1n) is 10.2. The van der Waals surface area contributed by atoms with E-state index < -0.39 is 0 Å². The maximum atomic E-state index is 12.6. The molecule has 2 aliphatic heterocycles. The van der Waals surface area contributed by atoms with E-state index in [-0.39, 0.29) is 6.03 Å². The minimum atomic E-state index is 0.149. The van der Waals surface area contributed by atoms with Gasteiger partial charge in [-0.05, 0) is 55.5 Å². The third kappa shape index (κ3) is 4.07. The van der Waals surface area contributed by atoms with Gasteiger partial charge in [0.05, 0.1) is 0 Å². The molecule has 1 N–H and O–H groups in total. The minimum absolute atomic E-state index is 0.149. The number of amides is 2. The zero-order valence-corrected chi connectivity index (χ0v) is 16.9. The van der Waals surface area contributed by atoms with Gasteiger partial charge in [0, 0.05) is 63.3 Å². The Labute approximate surface area is 161 Å². The number of rotatable bonds is 4. The molecule has 0 unspecified atom stereocenters. The Morgan fingerprint density at radius 1 is 1.15 bits per heavy atom. The summed E-state index contributed by atoms with van der Waals surface area (Å²) in [5, 5.41) is 7.58. The lowest BCUT2D eigenvalue weighted by molar-refractivity contribution is 0.0538. The average molecular weight is 377 g/mol. The number of nitrogens with one attached hydrogen (secondary N) is 1. The quantitative estimate of drug-likeness (QED) is 0.878. The molecule has 3 heterocycles. The molecule has 1 saturated carbocycles. The summed E-state index contributed by atoms with van der Waals surface area (Å²) in [6.45, 7) is 11.1. The second-order valence-electron chi connectivity index (χ2n) is 8.34. The van der Waals surface area contributed by atoms with Crippen LogP contribution in [0.3, 0.4) is 0 Å². The van der Waals surface area contributed by atoms with E-state index in [2.05, 4.69) is 45.8 Å². The SMILES string of the molecule is CC(C)N1CCN(C2CCN(C(=O)N[C@@H]3C[C@H]3c3ccsc3)CC2)CC1. The standard InChI is InChI=1S/C20H32N4OS/c1-15(2)22-8-10-23(11-9-22)17-3-6-24(7-4-17)20(25)21-19-13-18(19)16-5-12-26-14-16/h5,12,14-15,17-19H,3-4,6-11,13H2,1-2H3,(H,21,25)/t18-,19+/m0/s1. The Balaban J connectivity index is 1.19. The first-order valence-corrected chi connectivity index (χ1v) is 11.1. The van der Waals surface area contributed by atoms with Gasteiger partial charge in [-0.15, -0.1) is 0 Å². The number of urea groups is 1. The van der Waals surface area contributed by atoms with E-state index in [1.54, 1.807) is 11.3 Å². The Bertz CT molecular complexity index is 589. The predicted molar refractivity (Wildman–Crippen MR) is 107 cm³/mol. The summed E-state index contributed by atoms with van der Waals surface area (Å²) in [5.74, 6) is 0.542. The highest BCUT2D eigenvalue weighted by Gasteiger charge is 2.41. The number of thiophene rings is 1. The topological polar surface area (TPSA) is 38.8 Å². The van der Waals surface area contributed by atoms with E-state index in [0.29, 0.717) is 24.0 Å². The van der Waals surface area contributed by atoms with Gasteiger partial charge in [0.15, 0.2) is 0 Å². The molecule has 2 saturated heterocycles. The maximum Gasteiger partial charge on any atom is 0.317 e. The highest BCUT2D eigenvalue weighted by atomic mass is 32.1. The molecule has 0 radical (unpaired) electrons. The first-order chi connectivity index (χ1) is 12.6. The van der Waals surface area contributed by atoms with Gasteiger partial charge in [-0.1, -0.05) is 0 Å². The Hall–Kier alpha value is -1.11. The van der Waals surface area contributed by atoms with E-state index in [0.717, 1.165) is 32.4 Å². The van der Waals surface area contributed by atoms with Crippen LogP contribution in [0.2, 0.25) is 0 Å². The van der Waals surface area contributed by atoms with Crippen molar-refractivity contribution in [2.45, 2.75) is 57.2 Å². The third-order valence-electron chi connectivity index (χ3n) is 6.42. The van der Waals surface area contributed by atoms with Crippen LogP contribution in [0.5, 0.6) is 0 Å². The number of hydrogen-bond donors (Lipinski definition) is 1. The fraction of sp³-hybridized carbons (Fsp3) is 0.750. The van der Waals surface area contributed by atoms with Crippen LogP contribution in [0.4, 0.5) is 4.79 Å². The van der Waals surface area contributed by atoms with Crippen LogP contribution in [0.15, 0.2) is 16.8 Å². The van der Waals surface area contributed by atoms with Crippen molar-refractivity contribution in [2.75, 3.05) is 39.3 Å². The Morgan fingerprint density at radius 3 is 2.50 bits per heavy atom. The van der Waals surface area contributed by atoms with Crippen molar-refractivity contribution in [1.29, 1.82) is 0 Å². The second-order valence-corrected chi connectivity index (χ2v) is 9.12. The van der Waals surface area contributed by atoms with Crippen LogP contribution < -0.4 is 5.32 Å². The van der Waals surface area contributed by atoms with E-state index in [1.807, 2.05) is 4.90 Å². The molecule has 1 aromatic heterocycles. The van der Waals surface area contributed by atoms with Crippen LogP contribution >= 0.6 is 11.3 Å². The maximum absolute atomic E-state index is 12.6. The molecule has 3 aliphatic rings. The van der Waals surface area contributed by atoms with Crippen LogP contribution in [-0.2, 0) is 0 Å². The number of carbonyl (C=O) groups excluding carboxylic acids is 1. The molecule has 0 spiro atoms. The molecule has 0 bridgehead atoms. The Morgan fingerprint density at radius 2 is 1.88 bits per heavy atom. The summed E-state index contributed by atoms with van der Waals surface area (Å²) in [7, 11) is 0. The highest BCUT2D eigenvalue weighted by molar-refractivity contribution is 7.08. The number of piperazine rings is 1. The lowest BCUT2D eigenvalue weighted by atomic mass is 10.0. The lowest BCUT2D eigenvalue weighted by Crippen LogP contribution is -2.55. The molecule has 0 aromatic carbocycles. The fourth-order valence-corrected chi connectivity index (χ4v) is 5.24. The molecule has 26 heavy (non-hydrogen) atoms. The van der Waals surface area contributed by atoms with Crippen molar-refractivity contribution in [1.82, 2.24) is 20.0 Å². The van der Waals surface area contributed by atoms with Crippen LogP contribution in [0.1, 0.15) is 44.6 Å². The summed E-state index contributed by atoms with van der Waals surface area (Å²) >= 11 is 1.74. The minimum Gasteiger partial charge on any atom is -0.335 e. The first kappa shape index (κ1) is 18.3. The molecule has 1 aromatic rings. The summed E-state index contributed by atoms with van der Waals surface area (Å²) in [6, 6.07) is 4.00. The van der Waals surface area contributed by atoms with Crippen molar-refractivity contribution in [3.05, 3.63) is 22.4 Å². The van der Waals surface area contributed by atoms with E-state index in [9.17, 15) is 4.79 Å². The van der Waals surface area contributed by atoms with Gasteiger partial charge in [0.2, 0.25) is 0 Å². The van der Waals surface area contributed by atoms with Gasteiger partial charge in [-0.25, -0.2) is 4.79 Å². The van der Waals surface area contributed by atoms with Crippen molar-refractivity contribution in [2.24, 2.45) is 0 Å². The lowest BCUT2D eigenvalue weighted by Gasteiger charge is -2.43. The van der Waals surface area contributed by atoms with Crippen molar-refractivity contribution < 1.29 is 4.79 Å². The van der Waals surface area contributed by atoms with E-state index >= 15 is 0 Å². The normalized spacial score (nSPS) is 28.5. The molecule has 6 heteroatoms. The highest BCUT2D eigenvalue weighted by Crippen LogP contribution is 2.41.